The average Bonchev–Trinajstić information content (AvgIpc) is 3.37. The summed E-state index contributed by atoms with van der Waals surface area (Å²) in [4.78, 5) is 31.6. The fraction of sp³-hybridized carbons (Fsp3) is 0.250. The molecule has 0 aliphatic carbocycles. The molecule has 7 heteroatoms. The third-order valence-corrected chi connectivity index (χ3v) is 5.46. The number of anilines is 1. The molecule has 1 saturated heterocycles. The minimum atomic E-state index is -0.254. The molecule has 2 amide bonds. The van der Waals surface area contributed by atoms with Gasteiger partial charge in [-0.15, -0.1) is 11.3 Å². The van der Waals surface area contributed by atoms with Crippen LogP contribution < -0.4 is 5.32 Å². The standard InChI is InChI=1S/C20H19N3O3S/c1-13-18(22-20(27-13)16-7-4-10-26-16)19(25)21-15-6-2-5-14(11-15)12-23-9-3-8-17(23)24/h2,4-7,10-11H,3,8-9,12H2,1H3,(H,21,25). The van der Waals surface area contributed by atoms with Crippen molar-refractivity contribution in [3.05, 3.63) is 58.8 Å². The molecule has 3 heterocycles. The summed E-state index contributed by atoms with van der Waals surface area (Å²) >= 11 is 1.43. The minimum absolute atomic E-state index is 0.188. The van der Waals surface area contributed by atoms with Crippen molar-refractivity contribution in [1.82, 2.24) is 9.88 Å². The first kappa shape index (κ1) is 17.5. The molecular formula is C20H19N3O3S. The molecule has 0 atom stereocenters. The van der Waals surface area contributed by atoms with Crippen molar-refractivity contribution < 1.29 is 14.0 Å². The predicted molar refractivity (Wildman–Crippen MR) is 104 cm³/mol. The maximum absolute atomic E-state index is 12.7. The average molecular weight is 381 g/mol. The number of carbonyl (C=O) groups is 2. The number of hydrogen-bond acceptors (Lipinski definition) is 5. The molecule has 0 unspecified atom stereocenters. The second-order valence-corrected chi connectivity index (χ2v) is 7.68. The van der Waals surface area contributed by atoms with E-state index in [0.717, 1.165) is 23.4 Å². The fourth-order valence-electron chi connectivity index (χ4n) is 3.14. The Morgan fingerprint density at radius 2 is 2.22 bits per heavy atom. The zero-order valence-electron chi connectivity index (χ0n) is 14.9. The van der Waals surface area contributed by atoms with Crippen molar-refractivity contribution in [2.24, 2.45) is 0 Å². The molecule has 2 aromatic heterocycles. The monoisotopic (exact) mass is 381 g/mol. The lowest BCUT2D eigenvalue weighted by Crippen LogP contribution is -2.23. The molecule has 1 fully saturated rings. The summed E-state index contributed by atoms with van der Waals surface area (Å²) in [6.07, 6.45) is 3.12. The van der Waals surface area contributed by atoms with Crippen molar-refractivity contribution in [3.63, 3.8) is 0 Å². The Bertz CT molecular complexity index is 978. The van der Waals surface area contributed by atoms with Crippen molar-refractivity contribution in [2.75, 3.05) is 11.9 Å². The van der Waals surface area contributed by atoms with Crippen molar-refractivity contribution >= 4 is 28.8 Å². The first-order valence-corrected chi connectivity index (χ1v) is 9.61. The lowest BCUT2D eigenvalue weighted by molar-refractivity contribution is -0.128. The molecule has 1 N–H and O–H groups in total. The van der Waals surface area contributed by atoms with Crippen LogP contribution >= 0.6 is 11.3 Å². The van der Waals surface area contributed by atoms with Gasteiger partial charge in [-0.05, 0) is 43.2 Å². The third-order valence-electron chi connectivity index (χ3n) is 4.47. The van der Waals surface area contributed by atoms with Gasteiger partial charge in [0.05, 0.1) is 6.26 Å². The zero-order valence-corrected chi connectivity index (χ0v) is 15.7. The van der Waals surface area contributed by atoms with Gasteiger partial charge in [0, 0.05) is 30.1 Å². The molecule has 6 nitrogen and oxygen atoms in total. The van der Waals surface area contributed by atoms with Gasteiger partial charge < -0.3 is 14.6 Å². The van der Waals surface area contributed by atoms with Crippen LogP contribution in [0, 0.1) is 6.92 Å². The molecule has 0 bridgehead atoms. The summed E-state index contributed by atoms with van der Waals surface area (Å²) in [5.74, 6) is 0.586. The Balaban J connectivity index is 1.48. The molecule has 0 saturated carbocycles. The van der Waals surface area contributed by atoms with E-state index in [9.17, 15) is 9.59 Å². The highest BCUT2D eigenvalue weighted by molar-refractivity contribution is 7.15. The Labute approximate surface area is 160 Å². The second-order valence-electron chi connectivity index (χ2n) is 6.47. The number of carbonyl (C=O) groups excluding carboxylic acids is 2. The number of rotatable bonds is 5. The summed E-state index contributed by atoms with van der Waals surface area (Å²) in [5.41, 5.74) is 2.08. The van der Waals surface area contributed by atoms with Gasteiger partial charge >= 0.3 is 0 Å². The van der Waals surface area contributed by atoms with Crippen LogP contribution in [0.5, 0.6) is 0 Å². The number of aromatic nitrogens is 1. The number of likely N-dealkylation sites (tertiary alicyclic amines) is 1. The Morgan fingerprint density at radius 1 is 1.33 bits per heavy atom. The van der Waals surface area contributed by atoms with Crippen LogP contribution in [0.1, 0.15) is 33.8 Å². The number of nitrogens with one attached hydrogen (secondary N) is 1. The van der Waals surface area contributed by atoms with Gasteiger partial charge in [-0.1, -0.05) is 12.1 Å². The van der Waals surface area contributed by atoms with Crippen molar-refractivity contribution in [1.29, 1.82) is 0 Å². The largest absolute Gasteiger partial charge is 0.462 e. The Hall–Kier alpha value is -2.93. The summed E-state index contributed by atoms with van der Waals surface area (Å²) in [6, 6.07) is 11.2. The molecule has 0 radical (unpaired) electrons. The van der Waals surface area contributed by atoms with Crippen molar-refractivity contribution in [2.45, 2.75) is 26.3 Å². The number of nitrogens with zero attached hydrogens (tertiary/aromatic N) is 2. The molecule has 27 heavy (non-hydrogen) atoms. The van der Waals surface area contributed by atoms with E-state index in [2.05, 4.69) is 10.3 Å². The highest BCUT2D eigenvalue weighted by atomic mass is 32.1. The van der Waals surface area contributed by atoms with E-state index >= 15 is 0 Å². The number of benzene rings is 1. The molecular weight excluding hydrogens is 362 g/mol. The number of thiazole rings is 1. The van der Waals surface area contributed by atoms with E-state index in [1.54, 1.807) is 12.3 Å². The van der Waals surface area contributed by atoms with E-state index in [1.165, 1.54) is 11.3 Å². The van der Waals surface area contributed by atoms with Gasteiger partial charge in [0.1, 0.15) is 5.69 Å². The van der Waals surface area contributed by atoms with Crippen LogP contribution in [0.3, 0.4) is 0 Å². The van der Waals surface area contributed by atoms with Crippen LogP contribution in [0.25, 0.3) is 10.8 Å². The smallest absolute Gasteiger partial charge is 0.275 e. The van der Waals surface area contributed by atoms with E-state index in [4.69, 9.17) is 4.42 Å². The Morgan fingerprint density at radius 3 is 2.96 bits per heavy atom. The zero-order chi connectivity index (χ0) is 18.8. The van der Waals surface area contributed by atoms with Crippen LogP contribution in [-0.2, 0) is 11.3 Å². The number of aryl methyl sites for hydroxylation is 1. The molecule has 3 aromatic rings. The normalized spacial score (nSPS) is 14.0. The van der Waals surface area contributed by atoms with Gasteiger partial charge in [0.2, 0.25) is 5.91 Å². The van der Waals surface area contributed by atoms with Gasteiger partial charge in [-0.25, -0.2) is 4.98 Å². The predicted octanol–water partition coefficient (Wildman–Crippen LogP) is 4.09. The maximum atomic E-state index is 12.7. The lowest BCUT2D eigenvalue weighted by atomic mass is 10.2. The van der Waals surface area contributed by atoms with E-state index in [0.29, 0.717) is 35.1 Å². The Kier molecular flexibility index (Phi) is 4.77. The van der Waals surface area contributed by atoms with Gasteiger partial charge in [-0.3, -0.25) is 9.59 Å². The van der Waals surface area contributed by atoms with E-state index in [-0.39, 0.29) is 11.8 Å². The first-order chi connectivity index (χ1) is 13.1. The summed E-state index contributed by atoms with van der Waals surface area (Å²) in [6.45, 7) is 3.23. The molecule has 1 aromatic carbocycles. The highest BCUT2D eigenvalue weighted by Gasteiger charge is 2.21. The molecule has 0 spiro atoms. The quantitative estimate of drug-likeness (QED) is 0.722. The first-order valence-electron chi connectivity index (χ1n) is 8.79. The van der Waals surface area contributed by atoms with Crippen LogP contribution in [0.4, 0.5) is 5.69 Å². The minimum Gasteiger partial charge on any atom is -0.462 e. The van der Waals surface area contributed by atoms with Crippen LogP contribution in [0.2, 0.25) is 0 Å². The number of furan rings is 1. The second kappa shape index (κ2) is 7.36. The molecule has 4 rings (SSSR count). The highest BCUT2D eigenvalue weighted by Crippen LogP contribution is 2.28. The number of hydrogen-bond donors (Lipinski definition) is 1. The molecule has 138 valence electrons. The van der Waals surface area contributed by atoms with E-state index < -0.39 is 0 Å². The van der Waals surface area contributed by atoms with Crippen LogP contribution in [0.15, 0.2) is 47.1 Å². The SMILES string of the molecule is Cc1sc(-c2ccco2)nc1C(=O)Nc1cccc(CN2CCCC2=O)c1. The molecule has 1 aliphatic heterocycles. The topological polar surface area (TPSA) is 75.4 Å². The summed E-state index contributed by atoms with van der Waals surface area (Å²) < 4.78 is 5.36. The van der Waals surface area contributed by atoms with Crippen molar-refractivity contribution in [3.8, 4) is 10.8 Å². The number of amides is 2. The van der Waals surface area contributed by atoms with Crippen LogP contribution in [-0.4, -0.2) is 28.2 Å². The summed E-state index contributed by atoms with van der Waals surface area (Å²) in [7, 11) is 0. The maximum Gasteiger partial charge on any atom is 0.275 e. The van der Waals surface area contributed by atoms with Gasteiger partial charge in [-0.2, -0.15) is 0 Å². The third kappa shape index (κ3) is 3.78. The van der Waals surface area contributed by atoms with Gasteiger partial charge in [0.25, 0.3) is 5.91 Å². The van der Waals surface area contributed by atoms with Gasteiger partial charge in [0.15, 0.2) is 10.8 Å². The lowest BCUT2D eigenvalue weighted by Gasteiger charge is -2.16. The summed E-state index contributed by atoms with van der Waals surface area (Å²) in [5, 5.41) is 3.59. The van der Waals surface area contributed by atoms with E-state index in [1.807, 2.05) is 42.2 Å². The fourth-order valence-corrected chi connectivity index (χ4v) is 4.02. The molecule has 1 aliphatic rings.